The summed E-state index contributed by atoms with van der Waals surface area (Å²) in [5.74, 6) is -1.63. The van der Waals surface area contributed by atoms with Crippen LogP contribution < -0.4 is 10.1 Å². The van der Waals surface area contributed by atoms with Gasteiger partial charge in [0.1, 0.15) is 28.1 Å². The van der Waals surface area contributed by atoms with Crippen LogP contribution in [0.15, 0.2) is 24.3 Å². The first-order valence-corrected chi connectivity index (χ1v) is 8.46. The number of halogens is 1. The van der Waals surface area contributed by atoms with E-state index in [2.05, 4.69) is 10.3 Å². The SMILES string of the molecule is COCC(C)(NC(=O)c1sc(COc2ccc(F)cc2)nc1C)C(=O)O. The highest BCUT2D eigenvalue weighted by molar-refractivity contribution is 7.13. The maximum Gasteiger partial charge on any atom is 0.331 e. The monoisotopic (exact) mass is 382 g/mol. The minimum Gasteiger partial charge on any atom is -0.486 e. The molecule has 1 unspecified atom stereocenters. The van der Waals surface area contributed by atoms with E-state index in [0.717, 1.165) is 11.3 Å². The molecule has 26 heavy (non-hydrogen) atoms. The molecule has 0 aliphatic heterocycles. The van der Waals surface area contributed by atoms with Crippen molar-refractivity contribution in [3.05, 3.63) is 45.7 Å². The lowest BCUT2D eigenvalue weighted by atomic mass is 10.0. The van der Waals surface area contributed by atoms with Gasteiger partial charge in [0, 0.05) is 7.11 Å². The number of carbonyl (C=O) groups is 2. The summed E-state index contributed by atoms with van der Waals surface area (Å²) in [7, 11) is 1.36. The summed E-state index contributed by atoms with van der Waals surface area (Å²) in [6, 6.07) is 5.55. The minimum atomic E-state index is -1.55. The first-order valence-electron chi connectivity index (χ1n) is 7.64. The molecule has 9 heteroatoms. The second kappa shape index (κ2) is 8.24. The fraction of sp³-hybridized carbons (Fsp3) is 0.353. The van der Waals surface area contributed by atoms with Gasteiger partial charge < -0.3 is 19.9 Å². The number of methoxy groups -OCH3 is 1. The Morgan fingerprint density at radius 2 is 2.00 bits per heavy atom. The second-order valence-corrected chi connectivity index (χ2v) is 6.87. The van der Waals surface area contributed by atoms with Crippen LogP contribution in [0.25, 0.3) is 0 Å². The van der Waals surface area contributed by atoms with Gasteiger partial charge in [-0.15, -0.1) is 11.3 Å². The Labute approximate surface area is 153 Å². The molecule has 1 amide bonds. The summed E-state index contributed by atoms with van der Waals surface area (Å²) in [5, 5.41) is 12.3. The number of thiazole rings is 1. The van der Waals surface area contributed by atoms with E-state index >= 15 is 0 Å². The van der Waals surface area contributed by atoms with Crippen LogP contribution in [-0.4, -0.2) is 41.2 Å². The van der Waals surface area contributed by atoms with Gasteiger partial charge in [-0.2, -0.15) is 0 Å². The Kier molecular flexibility index (Phi) is 6.27. The van der Waals surface area contributed by atoms with E-state index < -0.39 is 17.4 Å². The summed E-state index contributed by atoms with van der Waals surface area (Å²) in [5.41, 5.74) is -1.08. The topological polar surface area (TPSA) is 97.8 Å². The number of carboxylic acids is 1. The third-order valence-electron chi connectivity index (χ3n) is 3.52. The predicted octanol–water partition coefficient (Wildman–Crippen LogP) is 2.39. The zero-order valence-electron chi connectivity index (χ0n) is 14.5. The number of rotatable bonds is 8. The highest BCUT2D eigenvalue weighted by atomic mass is 32.1. The van der Waals surface area contributed by atoms with E-state index in [0.29, 0.717) is 21.3 Å². The molecule has 2 N–H and O–H groups in total. The van der Waals surface area contributed by atoms with Crippen LogP contribution in [0.4, 0.5) is 4.39 Å². The molecule has 1 atom stereocenters. The highest BCUT2D eigenvalue weighted by Gasteiger charge is 2.36. The molecule has 0 radical (unpaired) electrons. The molecular formula is C17H19FN2O5S. The predicted molar refractivity (Wildman–Crippen MR) is 93.0 cm³/mol. The molecule has 2 rings (SSSR count). The number of aliphatic carboxylic acids is 1. The Hall–Kier alpha value is -2.52. The molecular weight excluding hydrogens is 363 g/mol. The van der Waals surface area contributed by atoms with Gasteiger partial charge in [0.25, 0.3) is 5.91 Å². The highest BCUT2D eigenvalue weighted by Crippen LogP contribution is 2.21. The number of carboxylic acid groups (broad SMARTS) is 1. The lowest BCUT2D eigenvalue weighted by molar-refractivity contribution is -0.145. The Bertz CT molecular complexity index is 793. The molecule has 140 valence electrons. The summed E-state index contributed by atoms with van der Waals surface area (Å²) >= 11 is 1.10. The van der Waals surface area contributed by atoms with Crippen molar-refractivity contribution in [2.24, 2.45) is 0 Å². The van der Waals surface area contributed by atoms with Crippen LogP contribution in [0.3, 0.4) is 0 Å². The maximum absolute atomic E-state index is 12.9. The minimum absolute atomic E-state index is 0.110. The van der Waals surface area contributed by atoms with E-state index in [-0.39, 0.29) is 19.0 Å². The van der Waals surface area contributed by atoms with E-state index in [1.807, 2.05) is 0 Å². The third kappa shape index (κ3) is 4.77. The average molecular weight is 382 g/mol. The van der Waals surface area contributed by atoms with Gasteiger partial charge in [0.05, 0.1) is 12.3 Å². The molecule has 0 spiro atoms. The molecule has 2 aromatic rings. The molecule has 0 saturated heterocycles. The lowest BCUT2D eigenvalue weighted by Crippen LogP contribution is -2.55. The third-order valence-corrected chi connectivity index (χ3v) is 4.65. The molecule has 1 heterocycles. The number of nitrogens with zero attached hydrogens (tertiary/aromatic N) is 1. The second-order valence-electron chi connectivity index (χ2n) is 5.79. The number of nitrogens with one attached hydrogen (secondary N) is 1. The number of ether oxygens (including phenoxy) is 2. The van der Waals surface area contributed by atoms with E-state index in [4.69, 9.17) is 9.47 Å². The van der Waals surface area contributed by atoms with Crippen molar-refractivity contribution < 1.29 is 28.6 Å². The van der Waals surface area contributed by atoms with Gasteiger partial charge in [-0.3, -0.25) is 4.79 Å². The van der Waals surface area contributed by atoms with Crippen LogP contribution in [0.5, 0.6) is 5.75 Å². The Morgan fingerprint density at radius 1 is 1.35 bits per heavy atom. The summed E-state index contributed by atoms with van der Waals surface area (Å²) in [6.07, 6.45) is 0. The van der Waals surface area contributed by atoms with Crippen molar-refractivity contribution in [2.75, 3.05) is 13.7 Å². The molecule has 0 fully saturated rings. The fourth-order valence-corrected chi connectivity index (χ4v) is 3.02. The fourth-order valence-electron chi connectivity index (χ4n) is 2.15. The standard InChI is InChI=1S/C17H19FN2O5S/c1-10-14(15(21)20-17(2,9-24-3)16(22)23)26-13(19-10)8-25-12-6-4-11(18)5-7-12/h4-7H,8-9H2,1-3H3,(H,20,21)(H,22,23). The van der Waals surface area contributed by atoms with Crippen LogP contribution in [-0.2, 0) is 16.1 Å². The van der Waals surface area contributed by atoms with Crippen LogP contribution in [0, 0.1) is 12.7 Å². The Morgan fingerprint density at radius 3 is 2.58 bits per heavy atom. The van der Waals surface area contributed by atoms with E-state index in [1.165, 1.54) is 38.3 Å². The van der Waals surface area contributed by atoms with Gasteiger partial charge in [-0.25, -0.2) is 14.2 Å². The van der Waals surface area contributed by atoms with E-state index in [9.17, 15) is 19.1 Å². The number of hydrogen-bond donors (Lipinski definition) is 2. The van der Waals surface area contributed by atoms with Crippen molar-refractivity contribution in [1.82, 2.24) is 10.3 Å². The van der Waals surface area contributed by atoms with Gasteiger partial charge in [-0.05, 0) is 38.1 Å². The van der Waals surface area contributed by atoms with Crippen LogP contribution in [0.1, 0.15) is 27.3 Å². The maximum atomic E-state index is 12.9. The smallest absolute Gasteiger partial charge is 0.331 e. The molecule has 0 aliphatic rings. The van der Waals surface area contributed by atoms with Gasteiger partial charge in [0.2, 0.25) is 0 Å². The normalized spacial score (nSPS) is 13.1. The number of aryl methyl sites for hydroxylation is 1. The van der Waals surface area contributed by atoms with Crippen molar-refractivity contribution in [3.63, 3.8) is 0 Å². The van der Waals surface area contributed by atoms with Gasteiger partial charge >= 0.3 is 5.97 Å². The zero-order valence-corrected chi connectivity index (χ0v) is 15.4. The molecule has 0 aliphatic carbocycles. The number of amides is 1. The first kappa shape index (κ1) is 19.8. The molecule has 7 nitrogen and oxygen atoms in total. The van der Waals surface area contributed by atoms with Gasteiger partial charge in [0.15, 0.2) is 5.54 Å². The summed E-state index contributed by atoms with van der Waals surface area (Å²) in [6.45, 7) is 2.96. The van der Waals surface area contributed by atoms with Crippen molar-refractivity contribution in [1.29, 1.82) is 0 Å². The Balaban J connectivity index is 2.07. The van der Waals surface area contributed by atoms with Gasteiger partial charge in [-0.1, -0.05) is 0 Å². The number of aromatic nitrogens is 1. The largest absolute Gasteiger partial charge is 0.486 e. The molecule has 1 aromatic heterocycles. The lowest BCUT2D eigenvalue weighted by Gasteiger charge is -2.24. The van der Waals surface area contributed by atoms with Crippen LogP contribution >= 0.6 is 11.3 Å². The molecule has 1 aromatic carbocycles. The summed E-state index contributed by atoms with van der Waals surface area (Å²) < 4.78 is 23.3. The quantitative estimate of drug-likeness (QED) is 0.728. The molecule has 0 saturated carbocycles. The number of carbonyl (C=O) groups excluding carboxylic acids is 1. The number of hydrogen-bond acceptors (Lipinski definition) is 6. The first-order chi connectivity index (χ1) is 12.2. The van der Waals surface area contributed by atoms with E-state index in [1.54, 1.807) is 6.92 Å². The molecule has 0 bridgehead atoms. The van der Waals surface area contributed by atoms with Crippen molar-refractivity contribution in [2.45, 2.75) is 26.0 Å². The zero-order chi connectivity index (χ0) is 19.3. The van der Waals surface area contributed by atoms with Crippen molar-refractivity contribution in [3.8, 4) is 5.75 Å². The average Bonchev–Trinajstić information content (AvgIpc) is 2.95. The van der Waals surface area contributed by atoms with Crippen LogP contribution in [0.2, 0.25) is 0 Å². The van der Waals surface area contributed by atoms with Crippen molar-refractivity contribution >= 4 is 23.2 Å². The number of benzene rings is 1. The summed E-state index contributed by atoms with van der Waals surface area (Å²) in [4.78, 5) is 28.4.